The number of alkyl carbamates (subject to hydrolysis) is 1. The van der Waals surface area contributed by atoms with Crippen molar-refractivity contribution >= 4 is 12.1 Å². The smallest absolute Gasteiger partial charge is 0.407 e. The summed E-state index contributed by atoms with van der Waals surface area (Å²) < 4.78 is 5.70. The molecule has 2 aliphatic rings. The first-order valence-electron chi connectivity index (χ1n) is 10.9. The van der Waals surface area contributed by atoms with Crippen molar-refractivity contribution in [1.29, 1.82) is 0 Å². The highest BCUT2D eigenvalue weighted by Crippen LogP contribution is 2.44. The zero-order valence-corrected chi connectivity index (χ0v) is 17.4. The van der Waals surface area contributed by atoms with E-state index in [1.165, 1.54) is 11.1 Å². The number of carbonyl (C=O) groups excluding carboxylic acids is 1. The highest BCUT2D eigenvalue weighted by molar-refractivity contribution is 5.79. The molecule has 0 spiro atoms. The fourth-order valence-corrected chi connectivity index (χ4v) is 5.38. The summed E-state index contributed by atoms with van der Waals surface area (Å²) in [7, 11) is 0. The molecule has 1 saturated carbocycles. The van der Waals surface area contributed by atoms with Crippen molar-refractivity contribution in [3.63, 3.8) is 0 Å². The Morgan fingerprint density at radius 2 is 1.60 bits per heavy atom. The van der Waals surface area contributed by atoms with Crippen LogP contribution in [0.15, 0.2) is 48.5 Å². The van der Waals surface area contributed by atoms with Gasteiger partial charge >= 0.3 is 12.1 Å². The van der Waals surface area contributed by atoms with Crippen LogP contribution >= 0.6 is 0 Å². The molecule has 5 heteroatoms. The predicted molar refractivity (Wildman–Crippen MR) is 115 cm³/mol. The number of amides is 1. The van der Waals surface area contributed by atoms with E-state index in [4.69, 9.17) is 4.74 Å². The highest BCUT2D eigenvalue weighted by Gasteiger charge is 2.44. The molecule has 2 aliphatic carbocycles. The summed E-state index contributed by atoms with van der Waals surface area (Å²) in [6.07, 6.45) is 4.26. The third-order valence-corrected chi connectivity index (χ3v) is 6.81. The number of nitrogens with one attached hydrogen (secondary N) is 1. The van der Waals surface area contributed by atoms with Crippen molar-refractivity contribution in [3.05, 3.63) is 59.7 Å². The Labute approximate surface area is 177 Å². The van der Waals surface area contributed by atoms with Crippen LogP contribution < -0.4 is 5.32 Å². The first kappa shape index (κ1) is 20.5. The molecular formula is C25H29NO4. The van der Waals surface area contributed by atoms with Crippen LogP contribution in [0, 0.1) is 5.92 Å². The van der Waals surface area contributed by atoms with Gasteiger partial charge in [-0.2, -0.15) is 0 Å². The fraction of sp³-hybridized carbons (Fsp3) is 0.440. The van der Waals surface area contributed by atoms with Gasteiger partial charge in [-0.3, -0.25) is 4.79 Å². The van der Waals surface area contributed by atoms with E-state index in [1.807, 2.05) is 31.2 Å². The van der Waals surface area contributed by atoms with E-state index in [0.717, 1.165) is 30.4 Å². The molecule has 0 heterocycles. The number of hydrogen-bond donors (Lipinski definition) is 2. The number of carboxylic acids is 1. The van der Waals surface area contributed by atoms with E-state index in [-0.39, 0.29) is 12.5 Å². The average Bonchev–Trinajstić information content (AvgIpc) is 3.07. The molecule has 2 N–H and O–H groups in total. The third-order valence-electron chi connectivity index (χ3n) is 6.81. The molecule has 0 bridgehead atoms. The first-order chi connectivity index (χ1) is 14.6. The molecule has 1 amide bonds. The SMILES string of the molecule is CC[C@@H](C(=O)O)C1(NC(=O)OCC2c3ccccc3-c3ccccc32)CCCCC1. The molecule has 5 nitrogen and oxygen atoms in total. The Morgan fingerprint density at radius 3 is 2.13 bits per heavy atom. The van der Waals surface area contributed by atoms with E-state index in [2.05, 4.69) is 29.6 Å². The number of ether oxygens (including phenoxy) is 1. The highest BCUT2D eigenvalue weighted by atomic mass is 16.5. The molecule has 2 aromatic carbocycles. The van der Waals surface area contributed by atoms with E-state index in [1.54, 1.807) is 0 Å². The van der Waals surface area contributed by atoms with Crippen molar-refractivity contribution in [2.24, 2.45) is 5.92 Å². The summed E-state index contributed by atoms with van der Waals surface area (Å²) in [6.45, 7) is 2.11. The second-order valence-electron chi connectivity index (χ2n) is 8.47. The van der Waals surface area contributed by atoms with Crippen molar-refractivity contribution in [3.8, 4) is 11.1 Å². The Bertz CT molecular complexity index is 887. The van der Waals surface area contributed by atoms with Gasteiger partial charge in [-0.05, 0) is 41.5 Å². The number of fused-ring (bicyclic) bond motifs is 3. The van der Waals surface area contributed by atoms with Crippen molar-refractivity contribution in [2.75, 3.05) is 6.61 Å². The minimum Gasteiger partial charge on any atom is -0.481 e. The maximum absolute atomic E-state index is 12.8. The average molecular weight is 408 g/mol. The van der Waals surface area contributed by atoms with Crippen molar-refractivity contribution in [2.45, 2.75) is 56.9 Å². The zero-order chi connectivity index (χ0) is 21.1. The summed E-state index contributed by atoms with van der Waals surface area (Å²) in [5.74, 6) is -1.46. The normalized spacial score (nSPS) is 18.2. The molecule has 0 radical (unpaired) electrons. The zero-order valence-electron chi connectivity index (χ0n) is 17.4. The molecule has 0 aliphatic heterocycles. The van der Waals surface area contributed by atoms with Crippen LogP contribution in [-0.4, -0.2) is 29.3 Å². The van der Waals surface area contributed by atoms with Gasteiger partial charge in [0.25, 0.3) is 0 Å². The van der Waals surface area contributed by atoms with Crippen LogP contribution in [0.25, 0.3) is 11.1 Å². The Balaban J connectivity index is 1.50. The second kappa shape index (κ2) is 8.50. The quantitative estimate of drug-likeness (QED) is 0.678. The summed E-state index contributed by atoms with van der Waals surface area (Å²) >= 11 is 0. The molecule has 1 atom stereocenters. The Kier molecular flexibility index (Phi) is 5.80. The van der Waals surface area contributed by atoms with E-state index in [9.17, 15) is 14.7 Å². The third kappa shape index (κ3) is 3.69. The van der Waals surface area contributed by atoms with Gasteiger partial charge in [0.2, 0.25) is 0 Å². The largest absolute Gasteiger partial charge is 0.481 e. The summed E-state index contributed by atoms with van der Waals surface area (Å²) in [5, 5.41) is 12.7. The van der Waals surface area contributed by atoms with Gasteiger partial charge in [0, 0.05) is 5.92 Å². The van der Waals surface area contributed by atoms with Crippen LogP contribution in [0.1, 0.15) is 62.5 Å². The molecular weight excluding hydrogens is 378 g/mol. The predicted octanol–water partition coefficient (Wildman–Crippen LogP) is 5.34. The van der Waals surface area contributed by atoms with Crippen LogP contribution in [-0.2, 0) is 9.53 Å². The monoisotopic (exact) mass is 407 g/mol. The van der Waals surface area contributed by atoms with Gasteiger partial charge in [0.05, 0.1) is 11.5 Å². The lowest BCUT2D eigenvalue weighted by atomic mass is 9.71. The topological polar surface area (TPSA) is 75.6 Å². The lowest BCUT2D eigenvalue weighted by molar-refractivity contribution is -0.145. The Hall–Kier alpha value is -2.82. The molecule has 4 rings (SSSR count). The second-order valence-corrected chi connectivity index (χ2v) is 8.47. The van der Waals surface area contributed by atoms with Crippen LogP contribution in [0.2, 0.25) is 0 Å². The molecule has 0 saturated heterocycles. The minimum atomic E-state index is -0.849. The number of aliphatic carboxylic acids is 1. The maximum Gasteiger partial charge on any atom is 0.407 e. The summed E-state index contributed by atoms with van der Waals surface area (Å²) in [5.41, 5.74) is 3.97. The minimum absolute atomic E-state index is 0.00750. The molecule has 0 aromatic heterocycles. The van der Waals surface area contributed by atoms with E-state index < -0.39 is 23.5 Å². The van der Waals surface area contributed by atoms with Gasteiger partial charge in [0.1, 0.15) is 6.61 Å². The molecule has 2 aromatic rings. The number of rotatable bonds is 6. The molecule has 158 valence electrons. The van der Waals surface area contributed by atoms with Crippen molar-refractivity contribution in [1.82, 2.24) is 5.32 Å². The van der Waals surface area contributed by atoms with Gasteiger partial charge in [-0.15, -0.1) is 0 Å². The van der Waals surface area contributed by atoms with Gasteiger partial charge in [0.15, 0.2) is 0 Å². The summed E-state index contributed by atoms with van der Waals surface area (Å²) in [4.78, 5) is 24.7. The lowest BCUT2D eigenvalue weighted by Gasteiger charge is -2.41. The fourth-order valence-electron chi connectivity index (χ4n) is 5.38. The summed E-state index contributed by atoms with van der Waals surface area (Å²) in [6, 6.07) is 16.4. The van der Waals surface area contributed by atoms with Crippen LogP contribution in [0.3, 0.4) is 0 Å². The number of carbonyl (C=O) groups is 2. The maximum atomic E-state index is 12.8. The number of benzene rings is 2. The molecule has 0 unspecified atom stereocenters. The number of carboxylic acid groups (broad SMARTS) is 1. The van der Waals surface area contributed by atoms with Gasteiger partial charge in [-0.1, -0.05) is 74.7 Å². The van der Waals surface area contributed by atoms with Gasteiger partial charge < -0.3 is 15.2 Å². The van der Waals surface area contributed by atoms with Crippen LogP contribution in [0.5, 0.6) is 0 Å². The molecule has 1 fully saturated rings. The van der Waals surface area contributed by atoms with E-state index >= 15 is 0 Å². The Morgan fingerprint density at radius 1 is 1.03 bits per heavy atom. The lowest BCUT2D eigenvalue weighted by Crippen LogP contribution is -2.57. The first-order valence-corrected chi connectivity index (χ1v) is 10.9. The van der Waals surface area contributed by atoms with E-state index in [0.29, 0.717) is 19.3 Å². The standard InChI is InChI=1S/C25H29NO4/c1-2-22(23(27)28)25(14-8-3-9-15-25)26-24(29)30-16-21-19-12-6-4-10-17(19)18-11-5-7-13-20(18)21/h4-7,10-13,21-22H,2-3,8-9,14-16H2,1H3,(H,26,29)(H,27,28)/t22-/m0/s1. The van der Waals surface area contributed by atoms with Crippen molar-refractivity contribution < 1.29 is 19.4 Å². The van der Waals surface area contributed by atoms with Crippen LogP contribution in [0.4, 0.5) is 4.79 Å². The number of hydrogen-bond acceptors (Lipinski definition) is 3. The van der Waals surface area contributed by atoms with Gasteiger partial charge in [-0.25, -0.2) is 4.79 Å². The molecule has 30 heavy (non-hydrogen) atoms.